The fraction of sp³-hybridized carbons (Fsp3) is 0.381. The van der Waals surface area contributed by atoms with Gasteiger partial charge in [-0.05, 0) is 75.4 Å². The Morgan fingerprint density at radius 2 is 1.76 bits per heavy atom. The minimum absolute atomic E-state index is 0.141. The minimum Gasteiger partial charge on any atom is -0.484 e. The van der Waals surface area contributed by atoms with Crippen LogP contribution >= 0.6 is 11.8 Å². The molecule has 2 aromatic rings. The number of hydrogen-bond donors (Lipinski definition) is 2. The summed E-state index contributed by atoms with van der Waals surface area (Å²) in [6.07, 6.45) is 2.02. The molecule has 0 heterocycles. The number of carbonyl (C=O) groups is 1. The molecule has 29 heavy (non-hydrogen) atoms. The Morgan fingerprint density at radius 3 is 2.31 bits per heavy atom. The van der Waals surface area contributed by atoms with Gasteiger partial charge in [-0.15, -0.1) is 11.8 Å². The van der Waals surface area contributed by atoms with Crippen LogP contribution in [-0.2, 0) is 14.8 Å². The van der Waals surface area contributed by atoms with Crippen molar-refractivity contribution in [2.75, 3.05) is 12.9 Å². The lowest BCUT2D eigenvalue weighted by Gasteiger charge is -2.16. The zero-order valence-electron chi connectivity index (χ0n) is 17.4. The molecule has 0 aliphatic carbocycles. The van der Waals surface area contributed by atoms with Crippen molar-refractivity contribution < 1.29 is 17.9 Å². The maximum absolute atomic E-state index is 12.3. The number of rotatable bonds is 9. The summed E-state index contributed by atoms with van der Waals surface area (Å²) in [5.74, 6) is 0.227. The van der Waals surface area contributed by atoms with Gasteiger partial charge in [0.25, 0.3) is 5.91 Å². The fourth-order valence-corrected chi connectivity index (χ4v) is 4.48. The van der Waals surface area contributed by atoms with Crippen molar-refractivity contribution in [3.8, 4) is 5.75 Å². The fourth-order valence-electron chi connectivity index (χ4n) is 2.73. The van der Waals surface area contributed by atoms with Crippen LogP contribution in [0.2, 0.25) is 0 Å². The average molecular weight is 437 g/mol. The van der Waals surface area contributed by atoms with E-state index in [9.17, 15) is 13.2 Å². The molecule has 0 unspecified atom stereocenters. The Hall–Kier alpha value is -2.03. The first kappa shape index (κ1) is 23.3. The van der Waals surface area contributed by atoms with Gasteiger partial charge < -0.3 is 10.1 Å². The first-order chi connectivity index (χ1) is 13.6. The second kappa shape index (κ2) is 10.1. The van der Waals surface area contributed by atoms with Crippen molar-refractivity contribution >= 4 is 27.7 Å². The highest BCUT2D eigenvalue weighted by atomic mass is 32.2. The molecule has 0 saturated heterocycles. The van der Waals surface area contributed by atoms with Crippen LogP contribution in [0.15, 0.2) is 52.3 Å². The van der Waals surface area contributed by atoms with Crippen LogP contribution in [-0.4, -0.2) is 33.2 Å². The Labute approximate surface area is 177 Å². The second-order valence-electron chi connectivity index (χ2n) is 7.05. The van der Waals surface area contributed by atoms with E-state index in [-0.39, 0.29) is 29.5 Å². The van der Waals surface area contributed by atoms with Crippen molar-refractivity contribution in [3.05, 3.63) is 53.6 Å². The Morgan fingerprint density at radius 1 is 1.10 bits per heavy atom. The molecule has 8 heteroatoms. The SMILES string of the molecule is CSc1ccc([C@H](C)NC(=O)COc2ccc(S(=O)(=O)NC(C)C)cc2C)cc1. The molecular formula is C21H28N2O4S2. The molecule has 1 amide bonds. The lowest BCUT2D eigenvalue weighted by Crippen LogP contribution is -2.31. The third-order valence-corrected chi connectivity index (χ3v) is 6.60. The van der Waals surface area contributed by atoms with Crippen LogP contribution in [0.5, 0.6) is 5.75 Å². The number of aryl methyl sites for hydroxylation is 1. The number of nitrogens with one attached hydrogen (secondary N) is 2. The van der Waals surface area contributed by atoms with E-state index in [0.717, 1.165) is 5.56 Å². The number of sulfonamides is 1. The van der Waals surface area contributed by atoms with E-state index in [1.54, 1.807) is 38.6 Å². The standard InChI is InChI=1S/C21H28N2O4S2/c1-14(2)23-29(25,26)19-10-11-20(15(3)12-19)27-13-21(24)22-16(4)17-6-8-18(28-5)9-7-17/h6-12,14,16,23H,13H2,1-5H3,(H,22,24)/t16-/m0/s1. The van der Waals surface area contributed by atoms with Crippen LogP contribution in [0.4, 0.5) is 0 Å². The maximum Gasteiger partial charge on any atom is 0.258 e. The number of amides is 1. The van der Waals surface area contributed by atoms with Gasteiger partial charge in [-0.1, -0.05) is 12.1 Å². The molecule has 0 radical (unpaired) electrons. The first-order valence-corrected chi connectivity index (χ1v) is 12.0. The van der Waals surface area contributed by atoms with Gasteiger partial charge in [0.2, 0.25) is 10.0 Å². The van der Waals surface area contributed by atoms with E-state index in [1.807, 2.05) is 37.4 Å². The highest BCUT2D eigenvalue weighted by molar-refractivity contribution is 7.98. The zero-order valence-corrected chi connectivity index (χ0v) is 19.0. The van der Waals surface area contributed by atoms with Crippen LogP contribution < -0.4 is 14.8 Å². The first-order valence-electron chi connectivity index (χ1n) is 9.31. The highest BCUT2D eigenvalue weighted by Gasteiger charge is 2.17. The van der Waals surface area contributed by atoms with Gasteiger partial charge in [-0.2, -0.15) is 0 Å². The molecule has 1 atom stereocenters. The molecule has 158 valence electrons. The predicted octanol–water partition coefficient (Wildman–Crippen LogP) is 3.66. The van der Waals surface area contributed by atoms with Crippen molar-refractivity contribution in [2.45, 2.75) is 49.6 Å². The van der Waals surface area contributed by atoms with Gasteiger partial charge in [0, 0.05) is 10.9 Å². The van der Waals surface area contributed by atoms with Gasteiger partial charge in [-0.3, -0.25) is 4.79 Å². The molecule has 0 aliphatic rings. The Kier molecular flexibility index (Phi) is 8.13. The smallest absolute Gasteiger partial charge is 0.258 e. The van der Waals surface area contributed by atoms with Crippen LogP contribution in [0, 0.1) is 6.92 Å². The van der Waals surface area contributed by atoms with Gasteiger partial charge in [0.05, 0.1) is 10.9 Å². The molecule has 0 saturated carbocycles. The summed E-state index contributed by atoms with van der Waals surface area (Å²) in [4.78, 5) is 13.6. The molecule has 2 rings (SSSR count). The number of ether oxygens (including phenoxy) is 1. The monoisotopic (exact) mass is 436 g/mol. The largest absolute Gasteiger partial charge is 0.484 e. The average Bonchev–Trinajstić information content (AvgIpc) is 2.66. The molecule has 6 nitrogen and oxygen atoms in total. The lowest BCUT2D eigenvalue weighted by molar-refractivity contribution is -0.123. The normalized spacial score (nSPS) is 12.6. The lowest BCUT2D eigenvalue weighted by atomic mass is 10.1. The van der Waals surface area contributed by atoms with Crippen molar-refractivity contribution in [2.24, 2.45) is 0 Å². The molecule has 0 bridgehead atoms. The van der Waals surface area contributed by atoms with E-state index in [1.165, 1.54) is 17.0 Å². The number of carbonyl (C=O) groups excluding carboxylic acids is 1. The third kappa shape index (κ3) is 6.76. The number of hydrogen-bond acceptors (Lipinski definition) is 5. The van der Waals surface area contributed by atoms with Crippen molar-refractivity contribution in [3.63, 3.8) is 0 Å². The van der Waals surface area contributed by atoms with Crippen LogP contribution in [0.3, 0.4) is 0 Å². The minimum atomic E-state index is -3.57. The topological polar surface area (TPSA) is 84.5 Å². The number of thioether (sulfide) groups is 1. The molecule has 2 aromatic carbocycles. The summed E-state index contributed by atoms with van der Waals surface area (Å²) in [6, 6.07) is 12.3. The molecule has 2 N–H and O–H groups in total. The van der Waals surface area contributed by atoms with E-state index >= 15 is 0 Å². The Balaban J connectivity index is 1.95. The van der Waals surface area contributed by atoms with Gasteiger partial charge in [0.1, 0.15) is 5.75 Å². The summed E-state index contributed by atoms with van der Waals surface area (Å²) >= 11 is 1.67. The van der Waals surface area contributed by atoms with E-state index in [0.29, 0.717) is 11.3 Å². The van der Waals surface area contributed by atoms with Crippen LogP contribution in [0.1, 0.15) is 37.9 Å². The maximum atomic E-state index is 12.3. The van der Waals surface area contributed by atoms with E-state index in [2.05, 4.69) is 10.0 Å². The van der Waals surface area contributed by atoms with Gasteiger partial charge in [0.15, 0.2) is 6.61 Å². The van der Waals surface area contributed by atoms with Gasteiger partial charge in [-0.25, -0.2) is 13.1 Å². The summed E-state index contributed by atoms with van der Waals surface area (Å²) < 4.78 is 32.6. The summed E-state index contributed by atoms with van der Waals surface area (Å²) in [5, 5.41) is 2.90. The molecule has 0 fully saturated rings. The quantitative estimate of drug-likeness (QED) is 0.586. The predicted molar refractivity (Wildman–Crippen MR) is 117 cm³/mol. The third-order valence-electron chi connectivity index (χ3n) is 4.20. The molecule has 0 aliphatic heterocycles. The molecular weight excluding hydrogens is 408 g/mol. The highest BCUT2D eigenvalue weighted by Crippen LogP contribution is 2.22. The summed E-state index contributed by atoms with van der Waals surface area (Å²) in [6.45, 7) is 7.04. The number of benzene rings is 2. The molecule has 0 spiro atoms. The van der Waals surface area contributed by atoms with Crippen LogP contribution in [0.25, 0.3) is 0 Å². The molecule has 0 aromatic heterocycles. The summed E-state index contributed by atoms with van der Waals surface area (Å²) in [5.41, 5.74) is 1.66. The van der Waals surface area contributed by atoms with E-state index < -0.39 is 10.0 Å². The van der Waals surface area contributed by atoms with Crippen molar-refractivity contribution in [1.82, 2.24) is 10.0 Å². The zero-order chi connectivity index (χ0) is 21.6. The van der Waals surface area contributed by atoms with Crippen molar-refractivity contribution in [1.29, 1.82) is 0 Å². The Bertz CT molecular complexity index is 942. The van der Waals surface area contributed by atoms with Gasteiger partial charge >= 0.3 is 0 Å². The van der Waals surface area contributed by atoms with E-state index in [4.69, 9.17) is 4.74 Å². The summed E-state index contributed by atoms with van der Waals surface area (Å²) in [7, 11) is -3.57. The second-order valence-corrected chi connectivity index (χ2v) is 9.65.